The average Bonchev–Trinajstić information content (AvgIpc) is 2.93. The van der Waals surface area contributed by atoms with Crippen molar-refractivity contribution in [1.29, 1.82) is 0 Å². The van der Waals surface area contributed by atoms with Crippen LogP contribution in [0.2, 0.25) is 5.02 Å². The first-order chi connectivity index (χ1) is 10.5. The van der Waals surface area contributed by atoms with Crippen LogP contribution in [0.25, 0.3) is 0 Å². The topological polar surface area (TPSA) is 75.6 Å². The third kappa shape index (κ3) is 4.68. The minimum Gasteiger partial charge on any atom is -0.481 e. The number of amides is 1. The molecule has 1 saturated heterocycles. The largest absolute Gasteiger partial charge is 0.481 e. The van der Waals surface area contributed by atoms with Gasteiger partial charge in [0.25, 0.3) is 0 Å². The van der Waals surface area contributed by atoms with Crippen molar-refractivity contribution in [2.45, 2.75) is 37.8 Å². The van der Waals surface area contributed by atoms with Crippen LogP contribution in [0.4, 0.5) is 4.39 Å². The number of carboxylic acid groups (broad SMARTS) is 1. The number of hydrogen-bond acceptors (Lipinski definition) is 3. The normalized spacial score (nSPS) is 18.9. The lowest BCUT2D eigenvalue weighted by Gasteiger charge is -2.19. The zero-order valence-corrected chi connectivity index (χ0v) is 12.6. The van der Waals surface area contributed by atoms with Crippen LogP contribution < -0.4 is 5.32 Å². The molecule has 0 aliphatic carbocycles. The van der Waals surface area contributed by atoms with E-state index in [1.807, 2.05) is 0 Å². The van der Waals surface area contributed by atoms with Gasteiger partial charge in [-0.05, 0) is 30.5 Å². The SMILES string of the molecule is O=C(O)C[C@@H](NC(=O)C[C@H]1CCCO1)c1ccc(Cl)c(F)c1. The number of carboxylic acids is 1. The summed E-state index contributed by atoms with van der Waals surface area (Å²) in [6.07, 6.45) is 1.43. The van der Waals surface area contributed by atoms with Crippen molar-refractivity contribution in [3.8, 4) is 0 Å². The van der Waals surface area contributed by atoms with Crippen LogP contribution in [0.1, 0.15) is 37.3 Å². The van der Waals surface area contributed by atoms with Gasteiger partial charge in [0, 0.05) is 6.61 Å². The van der Waals surface area contributed by atoms with E-state index >= 15 is 0 Å². The highest BCUT2D eigenvalue weighted by molar-refractivity contribution is 6.30. The van der Waals surface area contributed by atoms with Crippen LogP contribution in [-0.4, -0.2) is 29.7 Å². The standard InChI is InChI=1S/C15H17ClFNO4/c16-11-4-3-9(6-12(11)17)13(8-15(20)21)18-14(19)7-10-2-1-5-22-10/h3-4,6,10,13H,1-2,5,7-8H2,(H,18,19)(H,20,21)/t10-,13-/m1/s1. The van der Waals surface area contributed by atoms with Crippen LogP contribution in [0.3, 0.4) is 0 Å². The van der Waals surface area contributed by atoms with Crippen molar-refractivity contribution >= 4 is 23.5 Å². The van der Waals surface area contributed by atoms with Crippen LogP contribution in [0.5, 0.6) is 0 Å². The predicted molar refractivity (Wildman–Crippen MR) is 78.1 cm³/mol. The summed E-state index contributed by atoms with van der Waals surface area (Å²) in [7, 11) is 0. The quantitative estimate of drug-likeness (QED) is 0.841. The summed E-state index contributed by atoms with van der Waals surface area (Å²) in [6, 6.07) is 3.18. The molecule has 1 aliphatic rings. The van der Waals surface area contributed by atoms with Crippen LogP contribution in [0.15, 0.2) is 18.2 Å². The third-order valence-electron chi connectivity index (χ3n) is 3.50. The first-order valence-electron chi connectivity index (χ1n) is 7.03. The maximum absolute atomic E-state index is 13.5. The smallest absolute Gasteiger partial charge is 0.305 e. The first kappa shape index (κ1) is 16.7. The van der Waals surface area contributed by atoms with Crippen molar-refractivity contribution in [3.63, 3.8) is 0 Å². The minimum atomic E-state index is -1.09. The molecule has 1 aliphatic heterocycles. The van der Waals surface area contributed by atoms with E-state index in [-0.39, 0.29) is 29.9 Å². The van der Waals surface area contributed by atoms with Gasteiger partial charge < -0.3 is 15.2 Å². The van der Waals surface area contributed by atoms with E-state index in [2.05, 4.69) is 5.32 Å². The van der Waals surface area contributed by atoms with Gasteiger partial charge in [-0.1, -0.05) is 17.7 Å². The van der Waals surface area contributed by atoms with Crippen LogP contribution >= 0.6 is 11.6 Å². The van der Waals surface area contributed by atoms with E-state index < -0.39 is 17.8 Å². The molecule has 1 fully saturated rings. The summed E-state index contributed by atoms with van der Waals surface area (Å²) < 4.78 is 18.9. The Morgan fingerprint density at radius 2 is 2.27 bits per heavy atom. The van der Waals surface area contributed by atoms with E-state index in [0.29, 0.717) is 12.2 Å². The summed E-state index contributed by atoms with van der Waals surface area (Å²) in [4.78, 5) is 23.0. The average molecular weight is 330 g/mol. The van der Waals surface area contributed by atoms with Crippen LogP contribution in [-0.2, 0) is 14.3 Å². The molecule has 2 rings (SSSR count). The molecule has 1 aromatic carbocycles. The Balaban J connectivity index is 2.06. The zero-order valence-electron chi connectivity index (χ0n) is 11.9. The summed E-state index contributed by atoms with van der Waals surface area (Å²) >= 11 is 5.61. The molecule has 7 heteroatoms. The van der Waals surface area contributed by atoms with E-state index in [4.69, 9.17) is 21.4 Å². The number of aliphatic carboxylic acids is 1. The van der Waals surface area contributed by atoms with Gasteiger partial charge in [-0.2, -0.15) is 0 Å². The second kappa shape index (κ2) is 7.56. The lowest BCUT2D eigenvalue weighted by Crippen LogP contribution is -2.32. The molecule has 1 aromatic rings. The molecule has 0 radical (unpaired) electrons. The van der Waals surface area contributed by atoms with Crippen molar-refractivity contribution in [3.05, 3.63) is 34.6 Å². The number of ether oxygens (including phenoxy) is 1. The minimum absolute atomic E-state index is 0.0523. The maximum Gasteiger partial charge on any atom is 0.305 e. The fourth-order valence-corrected chi connectivity index (χ4v) is 2.54. The van der Waals surface area contributed by atoms with E-state index in [1.165, 1.54) is 12.1 Å². The highest BCUT2D eigenvalue weighted by Crippen LogP contribution is 2.23. The molecule has 0 spiro atoms. The number of halogens is 2. The van der Waals surface area contributed by atoms with Gasteiger partial charge >= 0.3 is 5.97 Å². The number of rotatable bonds is 6. The van der Waals surface area contributed by atoms with Crippen molar-refractivity contribution in [2.24, 2.45) is 0 Å². The predicted octanol–water partition coefficient (Wildman–Crippen LogP) is 2.68. The molecule has 1 amide bonds. The highest BCUT2D eigenvalue weighted by atomic mass is 35.5. The molecule has 1 heterocycles. The molecule has 2 N–H and O–H groups in total. The monoisotopic (exact) mass is 329 g/mol. The van der Waals surface area contributed by atoms with Crippen molar-refractivity contribution < 1.29 is 23.8 Å². The molecule has 0 aromatic heterocycles. The van der Waals surface area contributed by atoms with E-state index in [9.17, 15) is 14.0 Å². The molecule has 22 heavy (non-hydrogen) atoms. The van der Waals surface area contributed by atoms with Gasteiger partial charge in [0.2, 0.25) is 5.91 Å². The fraction of sp³-hybridized carbons (Fsp3) is 0.467. The fourth-order valence-electron chi connectivity index (χ4n) is 2.42. The number of carbonyl (C=O) groups is 2. The summed E-state index contributed by atoms with van der Waals surface area (Å²) in [5.41, 5.74) is 0.366. The number of carbonyl (C=O) groups excluding carboxylic acids is 1. The molecule has 0 bridgehead atoms. The Morgan fingerprint density at radius 1 is 1.50 bits per heavy atom. The van der Waals surface area contributed by atoms with Gasteiger partial charge in [0.1, 0.15) is 5.82 Å². The number of benzene rings is 1. The molecule has 2 atom stereocenters. The summed E-state index contributed by atoms with van der Waals surface area (Å²) in [5, 5.41) is 11.5. The number of hydrogen-bond donors (Lipinski definition) is 2. The van der Waals surface area contributed by atoms with E-state index in [1.54, 1.807) is 0 Å². The Bertz CT molecular complexity index is 560. The highest BCUT2D eigenvalue weighted by Gasteiger charge is 2.23. The summed E-state index contributed by atoms with van der Waals surface area (Å²) in [6.45, 7) is 0.638. The molecule has 120 valence electrons. The van der Waals surface area contributed by atoms with E-state index in [0.717, 1.165) is 18.9 Å². The van der Waals surface area contributed by atoms with Crippen molar-refractivity contribution in [2.75, 3.05) is 6.61 Å². The molecular weight excluding hydrogens is 313 g/mol. The van der Waals surface area contributed by atoms with Crippen molar-refractivity contribution in [1.82, 2.24) is 5.32 Å². The second-order valence-electron chi connectivity index (χ2n) is 5.23. The van der Waals surface area contributed by atoms with Gasteiger partial charge in [-0.25, -0.2) is 4.39 Å². The van der Waals surface area contributed by atoms with Gasteiger partial charge in [-0.3, -0.25) is 9.59 Å². The van der Waals surface area contributed by atoms with Gasteiger partial charge in [-0.15, -0.1) is 0 Å². The Labute approximate surface area is 132 Å². The second-order valence-corrected chi connectivity index (χ2v) is 5.64. The molecule has 5 nitrogen and oxygen atoms in total. The number of nitrogens with one attached hydrogen (secondary N) is 1. The Hall–Kier alpha value is -1.66. The molecular formula is C15H17ClFNO4. The van der Waals surface area contributed by atoms with Gasteiger partial charge in [0.15, 0.2) is 0 Å². The Kier molecular flexibility index (Phi) is 5.74. The van der Waals surface area contributed by atoms with Crippen LogP contribution in [0, 0.1) is 5.82 Å². The first-order valence-corrected chi connectivity index (χ1v) is 7.41. The third-order valence-corrected chi connectivity index (χ3v) is 3.80. The lowest BCUT2D eigenvalue weighted by atomic mass is 10.0. The maximum atomic E-state index is 13.5. The zero-order chi connectivity index (χ0) is 16.1. The Morgan fingerprint density at radius 3 is 2.86 bits per heavy atom. The lowest BCUT2D eigenvalue weighted by molar-refractivity contribution is -0.137. The molecule has 0 unspecified atom stereocenters. The summed E-state index contributed by atoms with van der Waals surface area (Å²) in [5.74, 6) is -2.05. The van der Waals surface area contributed by atoms with Gasteiger partial charge in [0.05, 0.1) is 30.0 Å². The molecule has 0 saturated carbocycles.